The molecule has 0 unspecified atom stereocenters. The highest BCUT2D eigenvalue weighted by molar-refractivity contribution is 5.72. The minimum atomic E-state index is -0.218. The maximum Gasteiger partial charge on any atom is 0.311 e. The molecule has 19 heavy (non-hydrogen) atoms. The van der Waals surface area contributed by atoms with Crippen molar-refractivity contribution in [2.45, 2.75) is 19.4 Å². The van der Waals surface area contributed by atoms with Gasteiger partial charge in [0.1, 0.15) is 5.75 Å². The molecule has 3 heteroatoms. The summed E-state index contributed by atoms with van der Waals surface area (Å²) in [6.45, 7) is 0.488. The van der Waals surface area contributed by atoms with Crippen molar-refractivity contribution in [2.75, 3.05) is 0 Å². The molecule has 0 heterocycles. The molecule has 98 valence electrons. The molecule has 0 aliphatic heterocycles. The Bertz CT molecular complexity index is 520. The summed E-state index contributed by atoms with van der Waals surface area (Å²) < 4.78 is 5.26. The van der Waals surface area contributed by atoms with Gasteiger partial charge in [-0.1, -0.05) is 42.5 Å². The summed E-state index contributed by atoms with van der Waals surface area (Å²) in [6, 6.07) is 17.1. The molecule has 0 aliphatic carbocycles. The highest BCUT2D eigenvalue weighted by atomic mass is 16.5. The molecule has 0 saturated carbocycles. The highest BCUT2D eigenvalue weighted by Crippen LogP contribution is 2.13. The van der Waals surface area contributed by atoms with Crippen molar-refractivity contribution in [3.8, 4) is 5.75 Å². The molecule has 0 aliphatic rings. The van der Waals surface area contributed by atoms with Crippen LogP contribution in [0.4, 0.5) is 0 Å². The molecule has 0 saturated heterocycles. The molecular formula is C16H17NO2. The largest absolute Gasteiger partial charge is 0.427 e. The van der Waals surface area contributed by atoms with Gasteiger partial charge in [-0.3, -0.25) is 4.79 Å². The number of ether oxygens (including phenoxy) is 1. The van der Waals surface area contributed by atoms with Crippen molar-refractivity contribution in [1.29, 1.82) is 0 Å². The minimum Gasteiger partial charge on any atom is -0.427 e. The first-order valence-electron chi connectivity index (χ1n) is 6.31. The van der Waals surface area contributed by atoms with Gasteiger partial charge in [0.25, 0.3) is 0 Å². The number of hydrogen-bond donors (Lipinski definition) is 1. The van der Waals surface area contributed by atoms with Gasteiger partial charge in [0.2, 0.25) is 0 Å². The number of carbonyl (C=O) groups excluding carboxylic acids is 1. The molecular weight excluding hydrogens is 238 g/mol. The Labute approximate surface area is 113 Å². The van der Waals surface area contributed by atoms with E-state index in [1.54, 1.807) is 12.1 Å². The number of rotatable bonds is 5. The maximum atomic E-state index is 11.7. The second kappa shape index (κ2) is 6.71. The standard InChI is InChI=1S/C16H17NO2/c17-12-14-6-9-15(10-7-14)19-16(18)11-8-13-4-2-1-3-5-13/h1-7,9-10H,8,11-12,17H2. The van der Waals surface area contributed by atoms with Crippen LogP contribution < -0.4 is 10.5 Å². The summed E-state index contributed by atoms with van der Waals surface area (Å²) in [7, 11) is 0. The van der Waals surface area contributed by atoms with E-state index in [4.69, 9.17) is 10.5 Å². The van der Waals surface area contributed by atoms with E-state index in [0.717, 1.165) is 11.1 Å². The fourth-order valence-electron chi connectivity index (χ4n) is 1.77. The van der Waals surface area contributed by atoms with E-state index in [9.17, 15) is 4.79 Å². The summed E-state index contributed by atoms with van der Waals surface area (Å²) >= 11 is 0. The van der Waals surface area contributed by atoms with Crippen molar-refractivity contribution in [3.63, 3.8) is 0 Å². The van der Waals surface area contributed by atoms with E-state index >= 15 is 0 Å². The summed E-state index contributed by atoms with van der Waals surface area (Å²) in [4.78, 5) is 11.7. The van der Waals surface area contributed by atoms with Gasteiger partial charge in [0, 0.05) is 13.0 Å². The van der Waals surface area contributed by atoms with Crippen LogP contribution in [-0.4, -0.2) is 5.97 Å². The molecule has 2 N–H and O–H groups in total. The van der Waals surface area contributed by atoms with Crippen LogP contribution in [0.3, 0.4) is 0 Å². The van der Waals surface area contributed by atoms with Crippen LogP contribution in [0.25, 0.3) is 0 Å². The smallest absolute Gasteiger partial charge is 0.311 e. The highest BCUT2D eigenvalue weighted by Gasteiger charge is 2.05. The number of nitrogens with two attached hydrogens (primary N) is 1. The monoisotopic (exact) mass is 255 g/mol. The maximum absolute atomic E-state index is 11.7. The molecule has 0 amide bonds. The van der Waals surface area contributed by atoms with Gasteiger partial charge in [0.05, 0.1) is 0 Å². The van der Waals surface area contributed by atoms with Crippen LogP contribution in [0.15, 0.2) is 54.6 Å². The van der Waals surface area contributed by atoms with Crippen molar-refractivity contribution < 1.29 is 9.53 Å². The number of aryl methyl sites for hydroxylation is 1. The second-order valence-electron chi connectivity index (χ2n) is 4.31. The zero-order valence-electron chi connectivity index (χ0n) is 10.7. The molecule has 3 nitrogen and oxygen atoms in total. The topological polar surface area (TPSA) is 52.3 Å². The first-order valence-corrected chi connectivity index (χ1v) is 6.31. The molecule has 0 fully saturated rings. The van der Waals surface area contributed by atoms with Gasteiger partial charge in [-0.2, -0.15) is 0 Å². The number of carbonyl (C=O) groups is 1. The Morgan fingerprint density at radius 3 is 2.26 bits per heavy atom. The van der Waals surface area contributed by atoms with E-state index < -0.39 is 0 Å². The van der Waals surface area contributed by atoms with Crippen molar-refractivity contribution in [3.05, 3.63) is 65.7 Å². The normalized spacial score (nSPS) is 10.2. The van der Waals surface area contributed by atoms with Crippen LogP contribution in [0.5, 0.6) is 5.75 Å². The Morgan fingerprint density at radius 2 is 1.63 bits per heavy atom. The fraction of sp³-hybridized carbons (Fsp3) is 0.188. The summed E-state index contributed by atoms with van der Waals surface area (Å²) in [5.74, 6) is 0.347. The first-order chi connectivity index (χ1) is 9.28. The predicted molar refractivity (Wildman–Crippen MR) is 74.7 cm³/mol. The Kier molecular flexibility index (Phi) is 4.70. The third kappa shape index (κ3) is 4.23. The lowest BCUT2D eigenvalue weighted by atomic mass is 10.1. The summed E-state index contributed by atoms with van der Waals surface area (Å²) in [5.41, 5.74) is 7.66. The number of esters is 1. The average molecular weight is 255 g/mol. The zero-order valence-corrected chi connectivity index (χ0v) is 10.7. The van der Waals surface area contributed by atoms with Gasteiger partial charge in [-0.25, -0.2) is 0 Å². The van der Waals surface area contributed by atoms with Crippen molar-refractivity contribution in [1.82, 2.24) is 0 Å². The second-order valence-corrected chi connectivity index (χ2v) is 4.31. The SMILES string of the molecule is NCc1ccc(OC(=O)CCc2ccccc2)cc1. The summed E-state index contributed by atoms with van der Waals surface area (Å²) in [5, 5.41) is 0. The average Bonchev–Trinajstić information content (AvgIpc) is 2.47. The lowest BCUT2D eigenvalue weighted by Crippen LogP contribution is -2.09. The fourth-order valence-corrected chi connectivity index (χ4v) is 1.77. The molecule has 2 aromatic rings. The molecule has 0 bridgehead atoms. The molecule has 0 radical (unpaired) electrons. The molecule has 2 rings (SSSR count). The van der Waals surface area contributed by atoms with Gasteiger partial charge < -0.3 is 10.5 Å². The quantitative estimate of drug-likeness (QED) is 0.660. The number of benzene rings is 2. The Balaban J connectivity index is 1.83. The molecule has 0 spiro atoms. The van der Waals surface area contributed by atoms with E-state index in [-0.39, 0.29) is 5.97 Å². The Hall–Kier alpha value is -2.13. The van der Waals surface area contributed by atoms with E-state index in [0.29, 0.717) is 25.1 Å². The molecule has 0 aromatic heterocycles. The van der Waals surface area contributed by atoms with Crippen molar-refractivity contribution >= 4 is 5.97 Å². The lowest BCUT2D eigenvalue weighted by molar-refractivity contribution is -0.134. The van der Waals surface area contributed by atoms with Gasteiger partial charge in [0.15, 0.2) is 0 Å². The van der Waals surface area contributed by atoms with Crippen LogP contribution in [0.1, 0.15) is 17.5 Å². The van der Waals surface area contributed by atoms with Gasteiger partial charge in [-0.05, 0) is 29.7 Å². The molecule has 2 aromatic carbocycles. The Morgan fingerprint density at radius 1 is 0.947 bits per heavy atom. The van der Waals surface area contributed by atoms with Crippen LogP contribution in [0.2, 0.25) is 0 Å². The minimum absolute atomic E-state index is 0.218. The van der Waals surface area contributed by atoms with Gasteiger partial charge in [-0.15, -0.1) is 0 Å². The zero-order chi connectivity index (χ0) is 13.5. The predicted octanol–water partition coefficient (Wildman–Crippen LogP) is 2.68. The van der Waals surface area contributed by atoms with Crippen molar-refractivity contribution in [2.24, 2.45) is 5.73 Å². The van der Waals surface area contributed by atoms with Crippen LogP contribution in [-0.2, 0) is 17.8 Å². The van der Waals surface area contributed by atoms with E-state index in [1.165, 1.54) is 0 Å². The molecule has 0 atom stereocenters. The van der Waals surface area contributed by atoms with Gasteiger partial charge >= 0.3 is 5.97 Å². The number of hydrogen-bond acceptors (Lipinski definition) is 3. The first kappa shape index (κ1) is 13.3. The van der Waals surface area contributed by atoms with E-state index in [1.807, 2.05) is 42.5 Å². The van der Waals surface area contributed by atoms with Crippen LogP contribution in [0, 0.1) is 0 Å². The summed E-state index contributed by atoms with van der Waals surface area (Å²) in [6.07, 6.45) is 1.07. The lowest BCUT2D eigenvalue weighted by Gasteiger charge is -2.05. The van der Waals surface area contributed by atoms with E-state index in [2.05, 4.69) is 0 Å². The third-order valence-electron chi connectivity index (χ3n) is 2.85. The van der Waals surface area contributed by atoms with Crippen LogP contribution >= 0.6 is 0 Å². The third-order valence-corrected chi connectivity index (χ3v) is 2.85.